The molecule has 0 radical (unpaired) electrons. The van der Waals surface area contributed by atoms with E-state index in [0.717, 1.165) is 5.56 Å². The van der Waals surface area contributed by atoms with Gasteiger partial charge in [0.15, 0.2) is 17.3 Å². The van der Waals surface area contributed by atoms with E-state index in [-0.39, 0.29) is 17.7 Å². The summed E-state index contributed by atoms with van der Waals surface area (Å²) in [6, 6.07) is 6.23. The third-order valence-corrected chi connectivity index (χ3v) is 4.35. The lowest BCUT2D eigenvalue weighted by Crippen LogP contribution is -2.44. The van der Waals surface area contributed by atoms with Crippen molar-refractivity contribution < 1.29 is 23.6 Å². The number of aryl methyl sites for hydroxylation is 1. The lowest BCUT2D eigenvalue weighted by Gasteiger charge is -2.23. The Bertz CT molecular complexity index is 831. The molecule has 2 amide bonds. The molecule has 2 aromatic rings. The summed E-state index contributed by atoms with van der Waals surface area (Å²) in [5.41, 5.74) is 0.782. The van der Waals surface area contributed by atoms with E-state index in [0.29, 0.717) is 23.1 Å². The number of benzene rings is 1. The van der Waals surface area contributed by atoms with Gasteiger partial charge in [0.05, 0.1) is 20.1 Å². The molecular weight excluding hydrogens is 362 g/mol. The zero-order valence-electron chi connectivity index (χ0n) is 17.0. The lowest BCUT2D eigenvalue weighted by molar-refractivity contribution is -0.127. The van der Waals surface area contributed by atoms with Gasteiger partial charge in [0, 0.05) is 6.07 Å². The van der Waals surface area contributed by atoms with Crippen molar-refractivity contribution in [2.45, 2.75) is 39.7 Å². The SMILES string of the molecule is COc1ccc(C(C(=O)N[C@@H](C)C(=O)Nc2cc(C)on2)C(C)C)cc1OC. The van der Waals surface area contributed by atoms with E-state index in [4.69, 9.17) is 14.0 Å². The second-order valence-electron chi connectivity index (χ2n) is 6.88. The van der Waals surface area contributed by atoms with Gasteiger partial charge in [0.25, 0.3) is 0 Å². The smallest absolute Gasteiger partial charge is 0.247 e. The van der Waals surface area contributed by atoms with Crippen LogP contribution in [0.2, 0.25) is 0 Å². The van der Waals surface area contributed by atoms with Crippen molar-refractivity contribution >= 4 is 17.6 Å². The van der Waals surface area contributed by atoms with Crippen LogP contribution in [0.3, 0.4) is 0 Å². The van der Waals surface area contributed by atoms with Gasteiger partial charge in [-0.1, -0.05) is 25.1 Å². The molecule has 1 unspecified atom stereocenters. The number of rotatable bonds is 8. The van der Waals surface area contributed by atoms with Crippen molar-refractivity contribution in [1.82, 2.24) is 10.5 Å². The highest BCUT2D eigenvalue weighted by Gasteiger charge is 2.28. The number of ether oxygens (including phenoxy) is 2. The second-order valence-corrected chi connectivity index (χ2v) is 6.88. The number of amides is 2. The fraction of sp³-hybridized carbons (Fsp3) is 0.450. The first-order valence-corrected chi connectivity index (χ1v) is 9.03. The topological polar surface area (TPSA) is 103 Å². The predicted octanol–water partition coefficient (Wildman–Crippen LogP) is 2.88. The van der Waals surface area contributed by atoms with E-state index < -0.39 is 12.0 Å². The zero-order chi connectivity index (χ0) is 20.8. The number of carbonyl (C=O) groups is 2. The molecule has 1 heterocycles. The van der Waals surface area contributed by atoms with Gasteiger partial charge in [-0.05, 0) is 37.5 Å². The van der Waals surface area contributed by atoms with Gasteiger partial charge in [-0.15, -0.1) is 0 Å². The van der Waals surface area contributed by atoms with Crippen LogP contribution in [0.1, 0.15) is 38.0 Å². The van der Waals surface area contributed by atoms with Crippen molar-refractivity contribution in [1.29, 1.82) is 0 Å². The minimum atomic E-state index is -0.745. The lowest BCUT2D eigenvalue weighted by atomic mass is 9.87. The minimum absolute atomic E-state index is 0.00607. The van der Waals surface area contributed by atoms with Crippen molar-refractivity contribution in [3.8, 4) is 11.5 Å². The summed E-state index contributed by atoms with van der Waals surface area (Å²) in [5, 5.41) is 9.10. The average molecular weight is 389 g/mol. The molecule has 1 aromatic heterocycles. The molecule has 0 bridgehead atoms. The first kappa shape index (κ1) is 21.3. The molecule has 0 saturated heterocycles. The molecule has 152 valence electrons. The number of nitrogens with one attached hydrogen (secondary N) is 2. The predicted molar refractivity (Wildman–Crippen MR) is 105 cm³/mol. The maximum absolute atomic E-state index is 12.9. The molecule has 2 rings (SSSR count). The Morgan fingerprint density at radius 2 is 1.71 bits per heavy atom. The minimum Gasteiger partial charge on any atom is -0.493 e. The maximum Gasteiger partial charge on any atom is 0.247 e. The Labute approximate surface area is 164 Å². The molecular formula is C20H27N3O5. The number of methoxy groups -OCH3 is 2. The summed E-state index contributed by atoms with van der Waals surface area (Å²) in [4.78, 5) is 25.2. The van der Waals surface area contributed by atoms with E-state index in [9.17, 15) is 9.59 Å². The molecule has 8 nitrogen and oxygen atoms in total. The van der Waals surface area contributed by atoms with Crippen molar-refractivity contribution in [2.24, 2.45) is 5.92 Å². The monoisotopic (exact) mass is 389 g/mol. The van der Waals surface area contributed by atoms with Gasteiger partial charge >= 0.3 is 0 Å². The summed E-state index contributed by atoms with van der Waals surface area (Å²) in [6.45, 7) is 7.24. The van der Waals surface area contributed by atoms with E-state index >= 15 is 0 Å². The molecule has 0 spiro atoms. The van der Waals surface area contributed by atoms with Crippen LogP contribution in [0, 0.1) is 12.8 Å². The Balaban J connectivity index is 2.13. The molecule has 0 saturated carbocycles. The number of aromatic nitrogens is 1. The highest BCUT2D eigenvalue weighted by atomic mass is 16.5. The van der Waals surface area contributed by atoms with Crippen molar-refractivity contribution in [2.75, 3.05) is 19.5 Å². The first-order valence-electron chi connectivity index (χ1n) is 9.03. The molecule has 1 aromatic carbocycles. The second kappa shape index (κ2) is 9.25. The van der Waals surface area contributed by atoms with Gasteiger partial charge in [-0.2, -0.15) is 0 Å². The zero-order valence-corrected chi connectivity index (χ0v) is 17.0. The molecule has 0 aliphatic carbocycles. The molecule has 0 fully saturated rings. The first-order chi connectivity index (χ1) is 13.3. The maximum atomic E-state index is 12.9. The summed E-state index contributed by atoms with van der Waals surface area (Å²) in [5.74, 6) is 0.952. The van der Waals surface area contributed by atoms with Crippen molar-refractivity contribution in [3.63, 3.8) is 0 Å². The highest BCUT2D eigenvalue weighted by Crippen LogP contribution is 2.33. The average Bonchev–Trinajstić information content (AvgIpc) is 3.05. The molecule has 0 aliphatic heterocycles. The van der Waals surface area contributed by atoms with Crippen LogP contribution < -0.4 is 20.1 Å². The quantitative estimate of drug-likeness (QED) is 0.720. The Kier molecular flexibility index (Phi) is 7.03. The summed E-state index contributed by atoms with van der Waals surface area (Å²) >= 11 is 0. The number of hydrogen-bond acceptors (Lipinski definition) is 6. The Hall–Kier alpha value is -3.03. The Morgan fingerprint density at radius 3 is 2.25 bits per heavy atom. The number of nitrogens with zero attached hydrogens (tertiary/aromatic N) is 1. The van der Waals surface area contributed by atoms with Crippen molar-refractivity contribution in [3.05, 3.63) is 35.6 Å². The van der Waals surface area contributed by atoms with Crippen LogP contribution in [0.25, 0.3) is 0 Å². The molecule has 2 atom stereocenters. The van der Waals surface area contributed by atoms with Gasteiger partial charge in [-0.3, -0.25) is 9.59 Å². The van der Waals surface area contributed by atoms with E-state index in [1.165, 1.54) is 0 Å². The van der Waals surface area contributed by atoms with Crippen LogP contribution in [0.4, 0.5) is 5.82 Å². The fourth-order valence-corrected chi connectivity index (χ4v) is 2.91. The van der Waals surface area contributed by atoms with Crippen LogP contribution in [-0.2, 0) is 9.59 Å². The fourth-order valence-electron chi connectivity index (χ4n) is 2.91. The molecule has 28 heavy (non-hydrogen) atoms. The third kappa shape index (κ3) is 5.03. The largest absolute Gasteiger partial charge is 0.493 e. The molecule has 8 heteroatoms. The number of carbonyl (C=O) groups excluding carboxylic acids is 2. The van der Waals surface area contributed by atoms with Crippen LogP contribution in [0.15, 0.2) is 28.8 Å². The third-order valence-electron chi connectivity index (χ3n) is 4.35. The molecule has 0 aliphatic rings. The van der Waals surface area contributed by atoms with Gasteiger partial charge in [-0.25, -0.2) is 0 Å². The number of hydrogen-bond donors (Lipinski definition) is 2. The van der Waals surface area contributed by atoms with E-state index in [1.54, 1.807) is 46.3 Å². The van der Waals surface area contributed by atoms with Gasteiger partial charge in [0.1, 0.15) is 11.8 Å². The van der Waals surface area contributed by atoms with Crippen LogP contribution in [0.5, 0.6) is 11.5 Å². The molecule has 2 N–H and O–H groups in total. The van der Waals surface area contributed by atoms with Gasteiger partial charge in [0.2, 0.25) is 11.8 Å². The Morgan fingerprint density at radius 1 is 1.04 bits per heavy atom. The summed E-state index contributed by atoms with van der Waals surface area (Å²) in [6.07, 6.45) is 0. The van der Waals surface area contributed by atoms with Crippen LogP contribution >= 0.6 is 0 Å². The summed E-state index contributed by atoms with van der Waals surface area (Å²) in [7, 11) is 3.10. The highest BCUT2D eigenvalue weighted by molar-refractivity contribution is 5.97. The normalized spacial score (nSPS) is 13.0. The van der Waals surface area contributed by atoms with E-state index in [2.05, 4.69) is 15.8 Å². The van der Waals surface area contributed by atoms with Crippen LogP contribution in [-0.4, -0.2) is 37.2 Å². The van der Waals surface area contributed by atoms with E-state index in [1.807, 2.05) is 19.9 Å². The standard InChI is InChI=1S/C20H27N3O5/c1-11(2)18(14-7-8-15(26-5)16(10-14)27-6)20(25)21-13(4)19(24)22-17-9-12(3)28-23-17/h7-11,13,18H,1-6H3,(H,21,25)(H,22,23,24)/t13-,18?/m0/s1. The summed E-state index contributed by atoms with van der Waals surface area (Å²) < 4.78 is 15.5. The number of anilines is 1. The van der Waals surface area contributed by atoms with Gasteiger partial charge < -0.3 is 24.6 Å².